The van der Waals surface area contributed by atoms with E-state index in [1.54, 1.807) is 6.26 Å². The van der Waals surface area contributed by atoms with Crippen LogP contribution in [0.5, 0.6) is 0 Å². The topological polar surface area (TPSA) is 59.3 Å². The maximum Gasteiger partial charge on any atom is 0.234 e. The first-order valence-corrected chi connectivity index (χ1v) is 6.73. The summed E-state index contributed by atoms with van der Waals surface area (Å²) in [5.74, 6) is -0.714. The van der Waals surface area contributed by atoms with Crippen molar-refractivity contribution in [2.24, 2.45) is 0 Å². The molecule has 0 bridgehead atoms. The van der Waals surface area contributed by atoms with Crippen LogP contribution in [0.15, 0.2) is 28.9 Å². The molecular weight excluding hydrogens is 345 g/mol. The van der Waals surface area contributed by atoms with Crippen molar-refractivity contribution in [1.29, 1.82) is 0 Å². The molecule has 1 aliphatic rings. The fourth-order valence-electron chi connectivity index (χ4n) is 2.28. The number of hydrogen-bond acceptors (Lipinski definition) is 3. The Hall–Kier alpha value is -1.37. The van der Waals surface area contributed by atoms with E-state index < -0.39 is 0 Å². The summed E-state index contributed by atoms with van der Waals surface area (Å²) in [5.41, 5.74) is 1.64. The van der Waals surface area contributed by atoms with Gasteiger partial charge in [0.25, 0.3) is 0 Å². The second-order valence-corrected chi connectivity index (χ2v) is 5.58. The van der Waals surface area contributed by atoms with Gasteiger partial charge in [-0.3, -0.25) is 14.9 Å². The first-order valence-electron chi connectivity index (χ1n) is 5.65. The molecule has 1 aromatic carbocycles. The van der Waals surface area contributed by atoms with E-state index in [2.05, 4.69) is 27.9 Å². The number of carbonyl (C=O) groups excluding carboxylic acids is 2. The number of hydrogen-bond donors (Lipinski definition) is 1. The van der Waals surface area contributed by atoms with Crippen LogP contribution in [0.4, 0.5) is 0 Å². The maximum absolute atomic E-state index is 11.9. The largest absolute Gasteiger partial charge is 0.464 e. The monoisotopic (exact) mass is 355 g/mol. The molecular formula is C13H10INO3. The maximum atomic E-state index is 11.9. The number of rotatable bonds is 1. The van der Waals surface area contributed by atoms with Crippen LogP contribution in [-0.2, 0) is 9.59 Å². The number of fused-ring (bicyclic) bond motifs is 1. The SMILES string of the molecule is O=C1CCC(c2coc3ccc(I)cc23)C(=O)N1. The molecule has 2 aromatic rings. The zero-order valence-electron chi connectivity index (χ0n) is 9.40. The Morgan fingerprint density at radius 3 is 2.94 bits per heavy atom. The Bertz CT molecular complexity index is 647. The second kappa shape index (κ2) is 4.38. The molecule has 92 valence electrons. The van der Waals surface area contributed by atoms with E-state index in [0.717, 1.165) is 20.1 Å². The average Bonchev–Trinajstić information content (AvgIpc) is 2.72. The van der Waals surface area contributed by atoms with Crippen LogP contribution in [0, 0.1) is 3.57 Å². The number of imide groups is 1. The third-order valence-electron chi connectivity index (χ3n) is 3.18. The summed E-state index contributed by atoms with van der Waals surface area (Å²) in [6.07, 6.45) is 2.55. The van der Waals surface area contributed by atoms with Gasteiger partial charge in [0, 0.05) is 20.9 Å². The highest BCUT2D eigenvalue weighted by Crippen LogP contribution is 2.33. The third kappa shape index (κ3) is 1.92. The highest BCUT2D eigenvalue weighted by Gasteiger charge is 2.30. The number of benzene rings is 1. The zero-order chi connectivity index (χ0) is 12.7. The van der Waals surface area contributed by atoms with Crippen molar-refractivity contribution >= 4 is 45.4 Å². The van der Waals surface area contributed by atoms with Gasteiger partial charge in [-0.1, -0.05) is 0 Å². The van der Waals surface area contributed by atoms with Gasteiger partial charge < -0.3 is 4.42 Å². The standard InChI is InChI=1S/C13H10INO3/c14-7-1-3-11-9(5-7)10(6-18-11)8-2-4-12(16)15-13(8)17/h1,3,5-6,8H,2,4H2,(H,15,16,17). The lowest BCUT2D eigenvalue weighted by atomic mass is 9.90. The molecule has 1 fully saturated rings. The summed E-state index contributed by atoms with van der Waals surface area (Å²) in [6.45, 7) is 0. The zero-order valence-corrected chi connectivity index (χ0v) is 11.6. The van der Waals surface area contributed by atoms with Crippen molar-refractivity contribution in [3.63, 3.8) is 0 Å². The minimum atomic E-state index is -0.290. The van der Waals surface area contributed by atoms with E-state index in [4.69, 9.17) is 4.42 Å². The fraction of sp³-hybridized carbons (Fsp3) is 0.231. The summed E-state index contributed by atoms with van der Waals surface area (Å²) in [6, 6.07) is 5.85. The lowest BCUT2D eigenvalue weighted by Crippen LogP contribution is -2.39. The normalized spacial score (nSPS) is 20.2. The highest BCUT2D eigenvalue weighted by atomic mass is 127. The molecule has 1 atom stereocenters. The van der Waals surface area contributed by atoms with Crippen molar-refractivity contribution < 1.29 is 14.0 Å². The van der Waals surface area contributed by atoms with Crippen molar-refractivity contribution in [3.05, 3.63) is 33.6 Å². The van der Waals surface area contributed by atoms with E-state index in [-0.39, 0.29) is 17.7 Å². The number of piperidine rings is 1. The predicted octanol–water partition coefficient (Wildman–Crippen LogP) is 2.56. The van der Waals surface area contributed by atoms with E-state index in [0.29, 0.717) is 12.8 Å². The number of halogens is 1. The van der Waals surface area contributed by atoms with Gasteiger partial charge in [-0.2, -0.15) is 0 Å². The van der Waals surface area contributed by atoms with Gasteiger partial charge in [0.1, 0.15) is 5.58 Å². The van der Waals surface area contributed by atoms with Gasteiger partial charge in [0.2, 0.25) is 11.8 Å². The molecule has 1 aliphatic heterocycles. The van der Waals surface area contributed by atoms with E-state index in [1.165, 1.54) is 0 Å². The van der Waals surface area contributed by atoms with Crippen molar-refractivity contribution in [3.8, 4) is 0 Å². The van der Waals surface area contributed by atoms with E-state index >= 15 is 0 Å². The Labute approximate surface area is 117 Å². The lowest BCUT2D eigenvalue weighted by molar-refractivity contribution is -0.134. The molecule has 0 radical (unpaired) electrons. The van der Waals surface area contributed by atoms with Gasteiger partial charge in [-0.25, -0.2) is 0 Å². The number of furan rings is 1. The number of nitrogens with one attached hydrogen (secondary N) is 1. The van der Waals surface area contributed by atoms with Gasteiger partial charge in [0.05, 0.1) is 12.2 Å². The summed E-state index contributed by atoms with van der Waals surface area (Å²) in [7, 11) is 0. The summed E-state index contributed by atoms with van der Waals surface area (Å²) in [5, 5.41) is 3.33. The molecule has 1 saturated heterocycles. The Morgan fingerprint density at radius 2 is 2.17 bits per heavy atom. The molecule has 0 saturated carbocycles. The van der Waals surface area contributed by atoms with Gasteiger partial charge >= 0.3 is 0 Å². The minimum absolute atomic E-state index is 0.196. The van der Waals surface area contributed by atoms with Crippen LogP contribution in [0.2, 0.25) is 0 Å². The second-order valence-electron chi connectivity index (χ2n) is 4.34. The molecule has 1 N–H and O–H groups in total. The summed E-state index contributed by atoms with van der Waals surface area (Å²) in [4.78, 5) is 23.0. The number of amides is 2. The average molecular weight is 355 g/mol. The lowest BCUT2D eigenvalue weighted by Gasteiger charge is -2.19. The van der Waals surface area contributed by atoms with Crippen LogP contribution in [-0.4, -0.2) is 11.8 Å². The van der Waals surface area contributed by atoms with Crippen LogP contribution in [0.3, 0.4) is 0 Å². The molecule has 3 rings (SSSR count). The van der Waals surface area contributed by atoms with E-state index in [1.807, 2.05) is 18.2 Å². The quantitative estimate of drug-likeness (QED) is 0.632. The first kappa shape index (κ1) is 11.7. The van der Waals surface area contributed by atoms with Crippen molar-refractivity contribution in [2.45, 2.75) is 18.8 Å². The molecule has 5 heteroatoms. The number of carbonyl (C=O) groups is 2. The third-order valence-corrected chi connectivity index (χ3v) is 3.85. The van der Waals surface area contributed by atoms with Crippen molar-refractivity contribution in [2.75, 3.05) is 0 Å². The molecule has 0 spiro atoms. The smallest absolute Gasteiger partial charge is 0.234 e. The van der Waals surface area contributed by atoms with Crippen LogP contribution in [0.25, 0.3) is 11.0 Å². The molecule has 1 aromatic heterocycles. The Kier molecular flexibility index (Phi) is 2.85. The molecule has 2 amide bonds. The molecule has 4 nitrogen and oxygen atoms in total. The summed E-state index contributed by atoms with van der Waals surface area (Å²) < 4.78 is 6.56. The van der Waals surface area contributed by atoms with Crippen LogP contribution < -0.4 is 5.32 Å². The fourth-order valence-corrected chi connectivity index (χ4v) is 2.77. The minimum Gasteiger partial charge on any atom is -0.464 e. The van der Waals surface area contributed by atoms with Gasteiger partial charge in [-0.05, 0) is 47.2 Å². The first-order chi connectivity index (χ1) is 8.65. The van der Waals surface area contributed by atoms with Crippen LogP contribution >= 0.6 is 22.6 Å². The Balaban J connectivity index is 2.06. The molecule has 2 heterocycles. The Morgan fingerprint density at radius 1 is 1.33 bits per heavy atom. The molecule has 18 heavy (non-hydrogen) atoms. The van der Waals surface area contributed by atoms with Gasteiger partial charge in [-0.15, -0.1) is 0 Å². The predicted molar refractivity (Wildman–Crippen MR) is 74.1 cm³/mol. The highest BCUT2D eigenvalue weighted by molar-refractivity contribution is 14.1. The molecule has 0 aliphatic carbocycles. The van der Waals surface area contributed by atoms with Crippen LogP contribution in [0.1, 0.15) is 24.3 Å². The van der Waals surface area contributed by atoms with Crippen molar-refractivity contribution in [1.82, 2.24) is 5.32 Å². The summed E-state index contributed by atoms with van der Waals surface area (Å²) >= 11 is 2.23. The van der Waals surface area contributed by atoms with Gasteiger partial charge in [0.15, 0.2) is 0 Å². The van der Waals surface area contributed by atoms with E-state index in [9.17, 15) is 9.59 Å². The molecule has 1 unspecified atom stereocenters.